The Morgan fingerprint density at radius 2 is 2.04 bits per heavy atom. The summed E-state index contributed by atoms with van der Waals surface area (Å²) in [5.74, 6) is 0.759. The number of nitrogens with zero attached hydrogens (tertiary/aromatic N) is 4. The van der Waals surface area contributed by atoms with Gasteiger partial charge in [0, 0.05) is 57.6 Å². The van der Waals surface area contributed by atoms with Gasteiger partial charge in [0.2, 0.25) is 5.88 Å². The molecule has 24 heavy (non-hydrogen) atoms. The number of hydrogen-bond acceptors (Lipinski definition) is 4. The predicted molar refractivity (Wildman–Crippen MR) is 89.0 cm³/mol. The number of pyridine rings is 1. The minimum absolute atomic E-state index is 0.00967. The summed E-state index contributed by atoms with van der Waals surface area (Å²) in [6.45, 7) is 2.02. The van der Waals surface area contributed by atoms with E-state index in [1.54, 1.807) is 37.3 Å². The Labute approximate surface area is 142 Å². The summed E-state index contributed by atoms with van der Waals surface area (Å²) >= 11 is 0. The number of methoxy groups -OCH3 is 1. The summed E-state index contributed by atoms with van der Waals surface area (Å²) < 4.78 is 5.11. The van der Waals surface area contributed by atoms with Crippen LogP contribution in [0, 0.1) is 5.92 Å². The number of hydrogen-bond donors (Lipinski definition) is 0. The lowest BCUT2D eigenvalue weighted by Crippen LogP contribution is -2.48. The zero-order valence-electron chi connectivity index (χ0n) is 14.4. The number of urea groups is 1. The summed E-state index contributed by atoms with van der Waals surface area (Å²) in [7, 11) is 5.07. The van der Waals surface area contributed by atoms with E-state index in [0.29, 0.717) is 30.5 Å². The van der Waals surface area contributed by atoms with E-state index >= 15 is 0 Å². The molecule has 0 N–H and O–H groups in total. The Kier molecular flexibility index (Phi) is 4.59. The van der Waals surface area contributed by atoms with Gasteiger partial charge in [-0.15, -0.1) is 0 Å². The number of carbonyl (C=O) groups excluding carboxylic acids is 2. The molecular weight excluding hydrogens is 308 g/mol. The molecule has 3 fully saturated rings. The van der Waals surface area contributed by atoms with Crippen molar-refractivity contribution in [3.63, 3.8) is 0 Å². The quantitative estimate of drug-likeness (QED) is 0.819. The van der Waals surface area contributed by atoms with E-state index in [1.807, 2.05) is 9.80 Å². The number of ether oxygens (including phenoxy) is 1. The standard InChI is InChI=1S/C17H24N4O3/c1-19(2)17(23)20-9-12-4-5-14(11-20)21(10-12)16(22)13-6-7-18-15(8-13)24-3/h6-8,12,14H,4-5,9-11H2,1-3H3/t12-,14+/m0/s1. The van der Waals surface area contributed by atoms with Gasteiger partial charge in [0.05, 0.1) is 7.11 Å². The molecule has 3 aliphatic heterocycles. The largest absolute Gasteiger partial charge is 0.481 e. The molecule has 4 rings (SSSR count). The van der Waals surface area contributed by atoms with Crippen LogP contribution < -0.4 is 4.74 Å². The average molecular weight is 332 g/mol. The van der Waals surface area contributed by atoms with Gasteiger partial charge in [-0.25, -0.2) is 9.78 Å². The molecule has 3 amide bonds. The molecule has 0 spiro atoms. The van der Waals surface area contributed by atoms with Crippen molar-refractivity contribution in [2.75, 3.05) is 40.8 Å². The summed E-state index contributed by atoms with van der Waals surface area (Å²) in [5, 5.41) is 0. The highest BCUT2D eigenvalue weighted by Crippen LogP contribution is 2.29. The smallest absolute Gasteiger partial charge is 0.319 e. The number of piperidine rings is 1. The molecule has 0 unspecified atom stereocenters. The molecule has 0 aromatic carbocycles. The van der Waals surface area contributed by atoms with E-state index in [9.17, 15) is 9.59 Å². The Bertz CT molecular complexity index is 634. The minimum Gasteiger partial charge on any atom is -0.481 e. The second kappa shape index (κ2) is 6.67. The summed E-state index contributed by atoms with van der Waals surface area (Å²) in [4.78, 5) is 34.7. The molecule has 0 aliphatic carbocycles. The van der Waals surface area contributed by atoms with Crippen LogP contribution in [0.3, 0.4) is 0 Å². The van der Waals surface area contributed by atoms with Crippen molar-refractivity contribution >= 4 is 11.9 Å². The first-order valence-corrected chi connectivity index (χ1v) is 8.27. The highest BCUT2D eigenvalue weighted by atomic mass is 16.5. The van der Waals surface area contributed by atoms with Crippen LogP contribution in [0.15, 0.2) is 18.3 Å². The highest BCUT2D eigenvalue weighted by Gasteiger charge is 2.39. The molecule has 0 radical (unpaired) electrons. The first-order chi connectivity index (χ1) is 11.5. The van der Waals surface area contributed by atoms with Crippen LogP contribution in [0.5, 0.6) is 5.88 Å². The second-order valence-corrected chi connectivity index (χ2v) is 6.72. The van der Waals surface area contributed by atoms with Crippen molar-refractivity contribution in [3.8, 4) is 5.88 Å². The molecule has 4 heterocycles. The molecule has 3 aliphatic rings. The van der Waals surface area contributed by atoms with Gasteiger partial charge in [-0.3, -0.25) is 4.79 Å². The third kappa shape index (κ3) is 3.16. The third-order valence-corrected chi connectivity index (χ3v) is 4.82. The molecule has 2 bridgehead atoms. The zero-order valence-corrected chi connectivity index (χ0v) is 14.4. The summed E-state index contributed by atoms with van der Waals surface area (Å²) in [6.07, 6.45) is 3.59. The van der Waals surface area contributed by atoms with Gasteiger partial charge in [-0.2, -0.15) is 0 Å². The molecule has 1 aromatic heterocycles. The van der Waals surface area contributed by atoms with Gasteiger partial charge >= 0.3 is 6.03 Å². The Morgan fingerprint density at radius 1 is 1.25 bits per heavy atom. The van der Waals surface area contributed by atoms with Crippen LogP contribution in [-0.4, -0.2) is 78.5 Å². The van der Waals surface area contributed by atoms with Gasteiger partial charge in [0.25, 0.3) is 5.91 Å². The zero-order chi connectivity index (χ0) is 17.3. The van der Waals surface area contributed by atoms with E-state index in [1.165, 1.54) is 7.11 Å². The monoisotopic (exact) mass is 332 g/mol. The van der Waals surface area contributed by atoms with Crippen LogP contribution in [0.1, 0.15) is 23.2 Å². The third-order valence-electron chi connectivity index (χ3n) is 4.82. The topological polar surface area (TPSA) is 66.0 Å². The van der Waals surface area contributed by atoms with Crippen molar-refractivity contribution in [2.24, 2.45) is 5.92 Å². The van der Waals surface area contributed by atoms with Crippen LogP contribution in [0.2, 0.25) is 0 Å². The predicted octanol–water partition coefficient (Wildman–Crippen LogP) is 1.31. The van der Waals surface area contributed by atoms with Crippen LogP contribution in [-0.2, 0) is 0 Å². The van der Waals surface area contributed by atoms with E-state index in [2.05, 4.69) is 4.98 Å². The first kappa shape index (κ1) is 16.5. The molecule has 2 atom stereocenters. The number of carbonyl (C=O) groups is 2. The van der Waals surface area contributed by atoms with E-state index in [0.717, 1.165) is 19.4 Å². The maximum Gasteiger partial charge on any atom is 0.319 e. The lowest BCUT2D eigenvalue weighted by Gasteiger charge is -2.36. The fraction of sp³-hybridized carbons (Fsp3) is 0.588. The lowest BCUT2D eigenvalue weighted by molar-refractivity contribution is 0.0585. The van der Waals surface area contributed by atoms with Crippen molar-refractivity contribution in [1.82, 2.24) is 19.7 Å². The maximum atomic E-state index is 12.9. The molecule has 3 saturated heterocycles. The molecule has 7 heteroatoms. The van der Waals surface area contributed by atoms with Crippen LogP contribution >= 0.6 is 0 Å². The van der Waals surface area contributed by atoms with Crippen molar-refractivity contribution < 1.29 is 14.3 Å². The van der Waals surface area contributed by atoms with Crippen molar-refractivity contribution in [3.05, 3.63) is 23.9 Å². The van der Waals surface area contributed by atoms with Gasteiger partial charge < -0.3 is 19.4 Å². The van der Waals surface area contributed by atoms with Crippen molar-refractivity contribution in [1.29, 1.82) is 0 Å². The molecule has 7 nitrogen and oxygen atoms in total. The van der Waals surface area contributed by atoms with Gasteiger partial charge in [-0.05, 0) is 24.8 Å². The fourth-order valence-electron chi connectivity index (χ4n) is 3.59. The highest BCUT2D eigenvalue weighted by molar-refractivity contribution is 5.94. The number of rotatable bonds is 2. The fourth-order valence-corrected chi connectivity index (χ4v) is 3.59. The van der Waals surface area contributed by atoms with Crippen LogP contribution in [0.25, 0.3) is 0 Å². The first-order valence-electron chi connectivity index (χ1n) is 8.27. The molecular formula is C17H24N4O3. The SMILES string of the molecule is COc1cc(C(=O)N2C[C@H]3CC[C@@H]2CN(C(=O)N(C)C)C3)ccn1. The van der Waals surface area contributed by atoms with E-state index in [-0.39, 0.29) is 18.0 Å². The average Bonchev–Trinajstić information content (AvgIpc) is 2.92. The van der Waals surface area contributed by atoms with Crippen molar-refractivity contribution in [2.45, 2.75) is 18.9 Å². The maximum absolute atomic E-state index is 12.9. The Balaban J connectivity index is 1.80. The normalized spacial score (nSPS) is 23.0. The van der Waals surface area contributed by atoms with E-state index < -0.39 is 0 Å². The van der Waals surface area contributed by atoms with E-state index in [4.69, 9.17) is 4.74 Å². The van der Waals surface area contributed by atoms with Gasteiger partial charge in [0.1, 0.15) is 0 Å². The second-order valence-electron chi connectivity index (χ2n) is 6.72. The van der Waals surface area contributed by atoms with Gasteiger partial charge in [-0.1, -0.05) is 0 Å². The van der Waals surface area contributed by atoms with Crippen LogP contribution in [0.4, 0.5) is 4.79 Å². The Morgan fingerprint density at radius 3 is 2.75 bits per heavy atom. The lowest BCUT2D eigenvalue weighted by atomic mass is 9.94. The number of fused-ring (bicyclic) bond motifs is 4. The molecule has 130 valence electrons. The Hall–Kier alpha value is -2.31. The molecule has 1 aromatic rings. The summed E-state index contributed by atoms with van der Waals surface area (Å²) in [5.41, 5.74) is 0.583. The van der Waals surface area contributed by atoms with Gasteiger partial charge in [0.15, 0.2) is 0 Å². The minimum atomic E-state index is -0.00967. The summed E-state index contributed by atoms with van der Waals surface area (Å²) in [6, 6.07) is 3.47. The number of amides is 3. The number of aromatic nitrogens is 1. The molecule has 0 saturated carbocycles.